The molecule has 0 spiro atoms. The summed E-state index contributed by atoms with van der Waals surface area (Å²) >= 11 is 12.3. The van der Waals surface area contributed by atoms with Crippen LogP contribution in [0.5, 0.6) is 0 Å². The number of hydrogen-bond donors (Lipinski definition) is 1. The maximum absolute atomic E-state index is 12.5. The van der Waals surface area contributed by atoms with Gasteiger partial charge in [-0.3, -0.25) is 9.48 Å². The molecule has 0 radical (unpaired) electrons. The van der Waals surface area contributed by atoms with E-state index in [9.17, 15) is 4.79 Å². The highest BCUT2D eigenvalue weighted by Crippen LogP contribution is 2.29. The Morgan fingerprint density at radius 1 is 1.26 bits per heavy atom. The number of aromatic nitrogens is 3. The fourth-order valence-corrected chi connectivity index (χ4v) is 2.85. The average Bonchev–Trinajstić information content (AvgIpc) is 2.87. The first kappa shape index (κ1) is 15.8. The van der Waals surface area contributed by atoms with Crippen molar-refractivity contribution in [2.75, 3.05) is 5.32 Å². The van der Waals surface area contributed by atoms with E-state index in [0.29, 0.717) is 33.4 Å². The zero-order chi connectivity index (χ0) is 16.6. The molecule has 118 valence electrons. The zero-order valence-corrected chi connectivity index (χ0v) is 14.1. The minimum Gasteiger partial charge on any atom is -0.322 e. The highest BCUT2D eigenvalue weighted by molar-refractivity contribution is 6.39. The highest BCUT2D eigenvalue weighted by atomic mass is 35.5. The molecule has 0 fully saturated rings. The number of nitrogens with one attached hydrogen (secondary N) is 1. The Balaban J connectivity index is 2.00. The van der Waals surface area contributed by atoms with E-state index in [1.807, 2.05) is 6.92 Å². The fourth-order valence-electron chi connectivity index (χ4n) is 2.40. The molecule has 3 aromatic rings. The molecule has 0 bridgehead atoms. The van der Waals surface area contributed by atoms with E-state index < -0.39 is 0 Å². The molecule has 0 atom stereocenters. The molecule has 2 heterocycles. The standard InChI is InChI=1S/C16H14Cl2N4O/c1-3-12-13-14(18)11(8-19-15(13)22(2)21-12)16(23)20-10-6-4-9(17)5-7-10/h4-8H,3H2,1-2H3,(H,20,23). The van der Waals surface area contributed by atoms with E-state index in [1.54, 1.807) is 36.0 Å². The summed E-state index contributed by atoms with van der Waals surface area (Å²) in [7, 11) is 1.80. The molecule has 1 amide bonds. The van der Waals surface area contributed by atoms with Crippen LogP contribution in [0.25, 0.3) is 11.0 Å². The van der Waals surface area contributed by atoms with Crippen LogP contribution in [0.4, 0.5) is 5.69 Å². The first-order valence-electron chi connectivity index (χ1n) is 7.08. The Kier molecular flexibility index (Phi) is 4.24. The minimum atomic E-state index is -0.322. The molecule has 0 aliphatic rings. The van der Waals surface area contributed by atoms with Gasteiger partial charge in [0.05, 0.1) is 21.7 Å². The summed E-state index contributed by atoms with van der Waals surface area (Å²) in [5.74, 6) is -0.322. The molecule has 7 heteroatoms. The summed E-state index contributed by atoms with van der Waals surface area (Å²) in [6.07, 6.45) is 2.18. The number of carbonyl (C=O) groups excluding carboxylic acids is 1. The van der Waals surface area contributed by atoms with Crippen LogP contribution in [0.15, 0.2) is 30.5 Å². The van der Waals surface area contributed by atoms with Gasteiger partial charge < -0.3 is 5.32 Å². The second kappa shape index (κ2) is 6.18. The lowest BCUT2D eigenvalue weighted by atomic mass is 10.1. The van der Waals surface area contributed by atoms with Crippen molar-refractivity contribution in [1.82, 2.24) is 14.8 Å². The number of hydrogen-bond acceptors (Lipinski definition) is 3. The molecule has 0 aliphatic carbocycles. The third kappa shape index (κ3) is 2.90. The molecule has 0 aliphatic heterocycles. The van der Waals surface area contributed by atoms with Gasteiger partial charge in [-0.25, -0.2) is 4.98 Å². The van der Waals surface area contributed by atoms with Gasteiger partial charge in [0.15, 0.2) is 5.65 Å². The fraction of sp³-hybridized carbons (Fsp3) is 0.188. The molecule has 0 saturated carbocycles. The number of aryl methyl sites for hydroxylation is 2. The molecule has 0 unspecified atom stereocenters. The Labute approximate surface area is 143 Å². The Morgan fingerprint density at radius 3 is 2.61 bits per heavy atom. The summed E-state index contributed by atoms with van der Waals surface area (Å²) in [6, 6.07) is 6.86. The smallest absolute Gasteiger partial charge is 0.258 e. The van der Waals surface area contributed by atoms with Crippen molar-refractivity contribution in [2.24, 2.45) is 7.05 Å². The molecule has 23 heavy (non-hydrogen) atoms. The second-order valence-corrected chi connectivity index (χ2v) is 5.88. The summed E-state index contributed by atoms with van der Waals surface area (Å²) in [6.45, 7) is 1.98. The average molecular weight is 349 g/mol. The van der Waals surface area contributed by atoms with Crippen LogP contribution in [0, 0.1) is 0 Å². The van der Waals surface area contributed by atoms with Crippen molar-refractivity contribution in [3.8, 4) is 0 Å². The van der Waals surface area contributed by atoms with E-state index in [-0.39, 0.29) is 5.91 Å². The summed E-state index contributed by atoms with van der Waals surface area (Å²) in [4.78, 5) is 16.8. The highest BCUT2D eigenvalue weighted by Gasteiger charge is 2.19. The van der Waals surface area contributed by atoms with Crippen LogP contribution in [-0.2, 0) is 13.5 Å². The number of fused-ring (bicyclic) bond motifs is 1. The normalized spacial score (nSPS) is 11.0. The lowest BCUT2D eigenvalue weighted by molar-refractivity contribution is 0.102. The summed E-state index contributed by atoms with van der Waals surface area (Å²) in [5.41, 5.74) is 2.44. The van der Waals surface area contributed by atoms with Gasteiger partial charge in [0.25, 0.3) is 5.91 Å². The number of carbonyl (C=O) groups is 1. The molecular weight excluding hydrogens is 335 g/mol. The van der Waals surface area contributed by atoms with Gasteiger partial charge in [-0.2, -0.15) is 5.10 Å². The topological polar surface area (TPSA) is 59.8 Å². The zero-order valence-electron chi connectivity index (χ0n) is 12.6. The number of nitrogens with zero attached hydrogens (tertiary/aromatic N) is 3. The lowest BCUT2D eigenvalue weighted by Crippen LogP contribution is -2.13. The Hall–Kier alpha value is -2.11. The number of amides is 1. The van der Waals surface area contributed by atoms with Crippen LogP contribution in [-0.4, -0.2) is 20.7 Å². The predicted octanol–water partition coefficient (Wildman–Crippen LogP) is 4.09. The second-order valence-electron chi connectivity index (χ2n) is 5.07. The monoisotopic (exact) mass is 348 g/mol. The van der Waals surface area contributed by atoms with E-state index in [0.717, 1.165) is 11.1 Å². The van der Waals surface area contributed by atoms with Crippen LogP contribution < -0.4 is 5.32 Å². The van der Waals surface area contributed by atoms with Crippen LogP contribution in [0.3, 0.4) is 0 Å². The van der Waals surface area contributed by atoms with Gasteiger partial charge in [-0.15, -0.1) is 0 Å². The summed E-state index contributed by atoms with van der Waals surface area (Å²) < 4.78 is 1.67. The number of halogens is 2. The van der Waals surface area contributed by atoms with E-state index in [4.69, 9.17) is 23.2 Å². The summed E-state index contributed by atoms with van der Waals surface area (Å²) in [5, 5.41) is 8.87. The van der Waals surface area contributed by atoms with Crippen molar-refractivity contribution in [2.45, 2.75) is 13.3 Å². The van der Waals surface area contributed by atoms with E-state index in [1.165, 1.54) is 6.20 Å². The van der Waals surface area contributed by atoms with Crippen LogP contribution in [0.2, 0.25) is 10.0 Å². The van der Waals surface area contributed by atoms with Gasteiger partial charge in [0.1, 0.15) is 0 Å². The number of rotatable bonds is 3. The number of pyridine rings is 1. The van der Waals surface area contributed by atoms with Crippen molar-refractivity contribution in [3.05, 3.63) is 51.8 Å². The number of anilines is 1. The van der Waals surface area contributed by atoms with Crippen molar-refractivity contribution in [3.63, 3.8) is 0 Å². The van der Waals surface area contributed by atoms with Crippen LogP contribution >= 0.6 is 23.2 Å². The van der Waals surface area contributed by atoms with Gasteiger partial charge in [0, 0.05) is 24.0 Å². The third-order valence-corrected chi connectivity index (χ3v) is 4.19. The van der Waals surface area contributed by atoms with Gasteiger partial charge in [0.2, 0.25) is 0 Å². The number of benzene rings is 1. The first-order chi connectivity index (χ1) is 11.0. The van der Waals surface area contributed by atoms with Crippen molar-refractivity contribution >= 4 is 45.8 Å². The van der Waals surface area contributed by atoms with E-state index in [2.05, 4.69) is 15.4 Å². The van der Waals surface area contributed by atoms with Crippen molar-refractivity contribution < 1.29 is 4.79 Å². The SMILES string of the molecule is CCc1nn(C)c2ncc(C(=O)Nc3ccc(Cl)cc3)c(Cl)c12. The van der Waals surface area contributed by atoms with E-state index >= 15 is 0 Å². The molecule has 0 saturated heterocycles. The predicted molar refractivity (Wildman–Crippen MR) is 92.3 cm³/mol. The first-order valence-corrected chi connectivity index (χ1v) is 7.83. The van der Waals surface area contributed by atoms with Gasteiger partial charge in [-0.1, -0.05) is 30.1 Å². The molecule has 5 nitrogen and oxygen atoms in total. The maximum Gasteiger partial charge on any atom is 0.258 e. The quantitative estimate of drug-likeness (QED) is 0.775. The lowest BCUT2D eigenvalue weighted by Gasteiger charge is -2.07. The molecule has 3 rings (SSSR count). The maximum atomic E-state index is 12.5. The molecule has 2 aromatic heterocycles. The molecular formula is C16H14Cl2N4O. The van der Waals surface area contributed by atoms with Gasteiger partial charge >= 0.3 is 0 Å². The third-order valence-electron chi connectivity index (χ3n) is 3.54. The van der Waals surface area contributed by atoms with Gasteiger partial charge in [-0.05, 0) is 30.7 Å². The molecule has 1 N–H and O–H groups in total. The van der Waals surface area contributed by atoms with Crippen LogP contribution in [0.1, 0.15) is 23.0 Å². The largest absolute Gasteiger partial charge is 0.322 e. The minimum absolute atomic E-state index is 0.316. The Morgan fingerprint density at radius 2 is 1.96 bits per heavy atom. The molecule has 1 aromatic carbocycles. The van der Waals surface area contributed by atoms with Crippen molar-refractivity contribution in [1.29, 1.82) is 0 Å². The Bertz CT molecular complexity index is 887.